The fraction of sp³-hybridized carbons (Fsp3) is 0.0714. The highest BCUT2D eigenvalue weighted by molar-refractivity contribution is 6.30. The van der Waals surface area contributed by atoms with Gasteiger partial charge < -0.3 is 11.1 Å². The van der Waals surface area contributed by atoms with E-state index in [1.165, 1.54) is 0 Å². The molecule has 1 atom stereocenters. The highest BCUT2D eigenvalue weighted by Crippen LogP contribution is 2.20. The monoisotopic (exact) mass is 260 g/mol. The highest BCUT2D eigenvalue weighted by atomic mass is 35.5. The van der Waals surface area contributed by atoms with Crippen LogP contribution in [-0.4, -0.2) is 5.91 Å². The first-order chi connectivity index (χ1) is 8.66. The van der Waals surface area contributed by atoms with E-state index in [1.807, 2.05) is 30.3 Å². The average molecular weight is 261 g/mol. The highest BCUT2D eigenvalue weighted by Gasteiger charge is 2.16. The van der Waals surface area contributed by atoms with Crippen molar-refractivity contribution in [2.75, 3.05) is 5.32 Å². The number of anilines is 1. The van der Waals surface area contributed by atoms with Gasteiger partial charge in [0.25, 0.3) is 0 Å². The summed E-state index contributed by atoms with van der Waals surface area (Å²) in [6.45, 7) is 0. The molecule has 0 unspecified atom stereocenters. The van der Waals surface area contributed by atoms with Gasteiger partial charge in [-0.25, -0.2) is 0 Å². The second-order valence-corrected chi connectivity index (χ2v) is 4.33. The lowest BCUT2D eigenvalue weighted by Gasteiger charge is -2.17. The van der Waals surface area contributed by atoms with Gasteiger partial charge in [-0.1, -0.05) is 41.9 Å². The molecule has 0 fully saturated rings. The number of hydrogen-bond acceptors (Lipinski definition) is 2. The summed E-state index contributed by atoms with van der Waals surface area (Å²) < 4.78 is 0. The molecule has 0 heterocycles. The number of halogens is 1. The third-order valence-corrected chi connectivity index (χ3v) is 2.82. The van der Waals surface area contributed by atoms with Gasteiger partial charge in [0.15, 0.2) is 0 Å². The van der Waals surface area contributed by atoms with Gasteiger partial charge in [0.2, 0.25) is 5.91 Å². The zero-order valence-electron chi connectivity index (χ0n) is 9.64. The quantitative estimate of drug-likeness (QED) is 0.888. The van der Waals surface area contributed by atoms with Crippen LogP contribution in [-0.2, 0) is 4.79 Å². The van der Waals surface area contributed by atoms with Crippen molar-refractivity contribution in [2.45, 2.75) is 6.04 Å². The van der Waals surface area contributed by atoms with E-state index in [2.05, 4.69) is 5.32 Å². The number of amides is 1. The van der Waals surface area contributed by atoms with Gasteiger partial charge in [-0.15, -0.1) is 0 Å². The molecule has 0 saturated carbocycles. The van der Waals surface area contributed by atoms with Crippen LogP contribution in [0, 0.1) is 0 Å². The van der Waals surface area contributed by atoms with Gasteiger partial charge in [-0.05, 0) is 29.8 Å². The van der Waals surface area contributed by atoms with E-state index < -0.39 is 11.9 Å². The van der Waals surface area contributed by atoms with E-state index in [9.17, 15) is 4.79 Å². The van der Waals surface area contributed by atoms with Gasteiger partial charge >= 0.3 is 0 Å². The number of rotatable bonds is 4. The van der Waals surface area contributed by atoms with Gasteiger partial charge in [-0.3, -0.25) is 4.79 Å². The molecule has 0 aliphatic rings. The molecule has 2 rings (SSSR count). The van der Waals surface area contributed by atoms with Crippen LogP contribution >= 0.6 is 11.6 Å². The Kier molecular flexibility index (Phi) is 3.85. The smallest absolute Gasteiger partial charge is 0.244 e. The zero-order valence-corrected chi connectivity index (χ0v) is 10.4. The molecule has 4 heteroatoms. The van der Waals surface area contributed by atoms with Crippen LogP contribution < -0.4 is 11.1 Å². The van der Waals surface area contributed by atoms with Crippen molar-refractivity contribution in [3.05, 3.63) is 65.2 Å². The average Bonchev–Trinajstić information content (AvgIpc) is 2.38. The standard InChI is InChI=1S/C14H13ClN2O/c15-11-6-8-12(9-7-11)17-13(14(16)18)10-4-2-1-3-5-10/h1-9,13,17H,(H2,16,18)/t13-/m1/s1. The van der Waals surface area contributed by atoms with E-state index in [4.69, 9.17) is 17.3 Å². The van der Waals surface area contributed by atoms with Crippen LogP contribution in [0.5, 0.6) is 0 Å². The number of hydrogen-bond donors (Lipinski definition) is 2. The molecule has 3 N–H and O–H groups in total. The predicted molar refractivity (Wildman–Crippen MR) is 73.5 cm³/mol. The Hall–Kier alpha value is -2.00. The Labute approximate surface area is 111 Å². The van der Waals surface area contributed by atoms with Gasteiger partial charge in [0.05, 0.1) is 0 Å². The van der Waals surface area contributed by atoms with Crippen molar-refractivity contribution in [3.63, 3.8) is 0 Å². The van der Waals surface area contributed by atoms with Crippen molar-refractivity contribution in [3.8, 4) is 0 Å². The number of nitrogens with one attached hydrogen (secondary N) is 1. The lowest BCUT2D eigenvalue weighted by Crippen LogP contribution is -2.27. The lowest BCUT2D eigenvalue weighted by atomic mass is 10.1. The number of carbonyl (C=O) groups is 1. The Morgan fingerprint density at radius 2 is 1.67 bits per heavy atom. The van der Waals surface area contributed by atoms with Crippen LogP contribution in [0.4, 0.5) is 5.69 Å². The first-order valence-corrected chi connectivity index (χ1v) is 5.91. The molecule has 0 saturated heterocycles. The molecule has 0 aromatic heterocycles. The second kappa shape index (κ2) is 5.56. The predicted octanol–water partition coefficient (Wildman–Crippen LogP) is 2.98. The molecule has 0 spiro atoms. The van der Waals surface area contributed by atoms with Gasteiger partial charge in [0, 0.05) is 10.7 Å². The minimum Gasteiger partial charge on any atom is -0.370 e. The number of primary amides is 1. The van der Waals surface area contributed by atoms with Crippen molar-refractivity contribution < 1.29 is 4.79 Å². The summed E-state index contributed by atoms with van der Waals surface area (Å²) in [6.07, 6.45) is 0. The third kappa shape index (κ3) is 3.02. The lowest BCUT2D eigenvalue weighted by molar-refractivity contribution is -0.118. The van der Waals surface area contributed by atoms with Crippen molar-refractivity contribution >= 4 is 23.2 Å². The summed E-state index contributed by atoms with van der Waals surface area (Å²) in [5.74, 6) is -0.420. The van der Waals surface area contributed by atoms with Crippen molar-refractivity contribution in [2.24, 2.45) is 5.73 Å². The summed E-state index contributed by atoms with van der Waals surface area (Å²) in [4.78, 5) is 11.5. The first kappa shape index (κ1) is 12.5. The summed E-state index contributed by atoms with van der Waals surface area (Å²) in [7, 11) is 0. The fourth-order valence-electron chi connectivity index (χ4n) is 1.68. The largest absolute Gasteiger partial charge is 0.370 e. The summed E-state index contributed by atoms with van der Waals surface area (Å²) in [6, 6.07) is 15.9. The molecule has 0 radical (unpaired) electrons. The topological polar surface area (TPSA) is 55.1 Å². The third-order valence-electron chi connectivity index (χ3n) is 2.57. The first-order valence-electron chi connectivity index (χ1n) is 5.53. The van der Waals surface area contributed by atoms with E-state index in [-0.39, 0.29) is 0 Å². The zero-order chi connectivity index (χ0) is 13.0. The van der Waals surface area contributed by atoms with E-state index >= 15 is 0 Å². The summed E-state index contributed by atoms with van der Waals surface area (Å²) in [5, 5.41) is 3.74. The number of nitrogens with two attached hydrogens (primary N) is 1. The molecule has 92 valence electrons. The minimum atomic E-state index is -0.549. The van der Waals surface area contributed by atoms with E-state index in [1.54, 1.807) is 24.3 Å². The van der Waals surface area contributed by atoms with Crippen LogP contribution in [0.3, 0.4) is 0 Å². The van der Waals surface area contributed by atoms with Crippen molar-refractivity contribution in [1.29, 1.82) is 0 Å². The molecule has 18 heavy (non-hydrogen) atoms. The molecular formula is C14H13ClN2O. The maximum atomic E-state index is 11.5. The van der Waals surface area contributed by atoms with Crippen LogP contribution in [0.25, 0.3) is 0 Å². The van der Waals surface area contributed by atoms with E-state index in [0.717, 1.165) is 11.3 Å². The minimum absolute atomic E-state index is 0.420. The number of carbonyl (C=O) groups excluding carboxylic acids is 1. The van der Waals surface area contributed by atoms with Crippen LogP contribution in [0.1, 0.15) is 11.6 Å². The molecule has 2 aromatic rings. The van der Waals surface area contributed by atoms with Crippen molar-refractivity contribution in [1.82, 2.24) is 0 Å². The molecule has 0 aliphatic heterocycles. The SMILES string of the molecule is NC(=O)[C@H](Nc1ccc(Cl)cc1)c1ccccc1. The molecule has 0 bridgehead atoms. The Morgan fingerprint density at radius 1 is 1.06 bits per heavy atom. The van der Waals surface area contributed by atoms with Crippen LogP contribution in [0.2, 0.25) is 5.02 Å². The molecule has 3 nitrogen and oxygen atoms in total. The van der Waals surface area contributed by atoms with Gasteiger partial charge in [-0.2, -0.15) is 0 Å². The maximum Gasteiger partial charge on any atom is 0.244 e. The summed E-state index contributed by atoms with van der Waals surface area (Å²) >= 11 is 5.81. The fourth-order valence-corrected chi connectivity index (χ4v) is 1.80. The Bertz CT molecular complexity index is 525. The molecular weight excluding hydrogens is 248 g/mol. The molecule has 0 aliphatic carbocycles. The second-order valence-electron chi connectivity index (χ2n) is 3.90. The van der Waals surface area contributed by atoms with Gasteiger partial charge in [0.1, 0.15) is 6.04 Å². The number of benzene rings is 2. The normalized spacial score (nSPS) is 11.8. The Balaban J connectivity index is 2.22. The molecule has 1 amide bonds. The molecule has 2 aromatic carbocycles. The maximum absolute atomic E-state index is 11.5. The van der Waals surface area contributed by atoms with Crippen LogP contribution in [0.15, 0.2) is 54.6 Å². The summed E-state index contributed by atoms with van der Waals surface area (Å²) in [5.41, 5.74) is 7.05. The Morgan fingerprint density at radius 3 is 2.22 bits per heavy atom. The van der Waals surface area contributed by atoms with E-state index in [0.29, 0.717) is 5.02 Å².